The summed E-state index contributed by atoms with van der Waals surface area (Å²) in [5.74, 6) is 0.916. The van der Waals surface area contributed by atoms with E-state index in [1.165, 1.54) is 5.56 Å². The molecule has 0 N–H and O–H groups in total. The molecule has 13 heavy (non-hydrogen) atoms. The Kier molecular flexibility index (Phi) is 2.66. The Morgan fingerprint density at radius 1 is 1.38 bits per heavy atom. The number of hydrogen-bond acceptors (Lipinski definition) is 2. The van der Waals surface area contributed by atoms with Crippen LogP contribution in [0.2, 0.25) is 0 Å². The van der Waals surface area contributed by atoms with Gasteiger partial charge in [0.25, 0.3) is 0 Å². The molecular weight excluding hydrogens is 180 g/mol. The molecule has 0 aliphatic carbocycles. The largest absolute Gasteiger partial charge is 0.491 e. The zero-order valence-electron chi connectivity index (χ0n) is 7.32. The number of hydrogen-bond donors (Lipinski definition) is 0. The fourth-order valence-electron chi connectivity index (χ4n) is 1.06. The molecule has 0 amide bonds. The molecule has 3 radical (unpaired) electrons. The summed E-state index contributed by atoms with van der Waals surface area (Å²) >= 11 is 0. The molecule has 3 heteroatoms. The second kappa shape index (κ2) is 3.94. The van der Waals surface area contributed by atoms with Crippen molar-refractivity contribution in [1.29, 1.82) is 0 Å². The van der Waals surface area contributed by atoms with Crippen molar-refractivity contribution >= 4 is 10.2 Å². The number of benzene rings is 1. The molecule has 67 valence electrons. The van der Waals surface area contributed by atoms with Gasteiger partial charge >= 0.3 is 0 Å². The van der Waals surface area contributed by atoms with Crippen LogP contribution in [-0.4, -0.2) is 29.6 Å². The van der Waals surface area contributed by atoms with Crippen molar-refractivity contribution < 1.29 is 9.47 Å². The van der Waals surface area contributed by atoms with Crippen LogP contribution in [0.25, 0.3) is 0 Å². The molecule has 1 saturated heterocycles. The predicted octanol–water partition coefficient (Wildman–Crippen LogP) is 1.13. The van der Waals surface area contributed by atoms with E-state index >= 15 is 0 Å². The Labute approximate surface area is 81.3 Å². The average Bonchev–Trinajstić information content (AvgIpc) is 2.99. The van der Waals surface area contributed by atoms with E-state index in [2.05, 4.69) is 22.4 Å². The molecule has 0 aromatic heterocycles. The molecule has 2 rings (SSSR count). The van der Waals surface area contributed by atoms with Crippen molar-refractivity contribution in [2.45, 2.75) is 12.1 Å². The van der Waals surface area contributed by atoms with Crippen LogP contribution in [-0.2, 0) is 10.8 Å². The molecule has 1 heterocycles. The Balaban J connectivity index is 1.88. The maximum atomic E-state index is 5.49. The normalized spacial score (nSPS) is 19.9. The van der Waals surface area contributed by atoms with E-state index in [4.69, 9.17) is 9.47 Å². The van der Waals surface area contributed by atoms with Gasteiger partial charge in [-0.15, -0.1) is 0 Å². The zero-order valence-corrected chi connectivity index (χ0v) is 8.32. The quantitative estimate of drug-likeness (QED) is 0.526. The van der Waals surface area contributed by atoms with Gasteiger partial charge in [0.2, 0.25) is 0 Å². The molecule has 1 aliphatic rings. The third-order valence-corrected chi connectivity index (χ3v) is 2.37. The highest BCUT2D eigenvalue weighted by atomic mass is 28.1. The molecule has 1 unspecified atom stereocenters. The summed E-state index contributed by atoms with van der Waals surface area (Å²) < 4.78 is 10.5. The van der Waals surface area contributed by atoms with Gasteiger partial charge in [-0.25, -0.2) is 0 Å². The lowest BCUT2D eigenvalue weighted by Crippen LogP contribution is -2.03. The van der Waals surface area contributed by atoms with Crippen LogP contribution in [0.4, 0.5) is 0 Å². The highest BCUT2D eigenvalue weighted by Crippen LogP contribution is 2.15. The van der Waals surface area contributed by atoms with Crippen molar-refractivity contribution in [3.63, 3.8) is 0 Å². The molecule has 1 aromatic carbocycles. The maximum absolute atomic E-state index is 5.49. The van der Waals surface area contributed by atoms with Crippen LogP contribution in [0.3, 0.4) is 0 Å². The smallest absolute Gasteiger partial charge is 0.119 e. The fraction of sp³-hybridized carbons (Fsp3) is 0.400. The van der Waals surface area contributed by atoms with Crippen molar-refractivity contribution in [2.24, 2.45) is 0 Å². The van der Waals surface area contributed by atoms with Crippen LogP contribution in [0, 0.1) is 0 Å². The Morgan fingerprint density at radius 3 is 2.62 bits per heavy atom. The van der Waals surface area contributed by atoms with Crippen molar-refractivity contribution in [3.05, 3.63) is 29.8 Å². The highest BCUT2D eigenvalue weighted by molar-refractivity contribution is 6.08. The van der Waals surface area contributed by atoms with Crippen LogP contribution < -0.4 is 4.74 Å². The first-order chi connectivity index (χ1) is 6.38. The van der Waals surface area contributed by atoms with Crippen molar-refractivity contribution in [3.8, 4) is 5.75 Å². The van der Waals surface area contributed by atoms with Crippen molar-refractivity contribution in [1.82, 2.24) is 0 Å². The van der Waals surface area contributed by atoms with E-state index < -0.39 is 0 Å². The Morgan fingerprint density at radius 2 is 2.08 bits per heavy atom. The summed E-state index contributed by atoms with van der Waals surface area (Å²) in [6.07, 6.45) is 0.329. The third-order valence-electron chi connectivity index (χ3n) is 1.97. The van der Waals surface area contributed by atoms with Gasteiger partial charge in [0, 0.05) is 10.2 Å². The number of epoxide rings is 1. The lowest BCUT2D eigenvalue weighted by Gasteiger charge is -2.04. The maximum Gasteiger partial charge on any atom is 0.119 e. The standard InChI is InChI=1S/C10H11O2Si/c13-7-8-1-3-9(4-2-8)11-5-10-6-12-10/h1-4,10H,5-7H2. The van der Waals surface area contributed by atoms with Gasteiger partial charge in [-0.05, 0) is 18.2 Å². The first-order valence-corrected chi connectivity index (χ1v) is 5.07. The SMILES string of the molecule is [Si]Cc1ccc(OCC2CO2)cc1. The minimum absolute atomic E-state index is 0.329. The van der Waals surface area contributed by atoms with E-state index in [-0.39, 0.29) is 0 Å². The van der Waals surface area contributed by atoms with Gasteiger partial charge in [-0.2, -0.15) is 0 Å². The predicted molar refractivity (Wildman–Crippen MR) is 51.1 cm³/mol. The van der Waals surface area contributed by atoms with Crippen LogP contribution in [0.15, 0.2) is 24.3 Å². The topological polar surface area (TPSA) is 21.8 Å². The molecule has 2 nitrogen and oxygen atoms in total. The molecule has 0 bridgehead atoms. The monoisotopic (exact) mass is 191 g/mol. The fourth-order valence-corrected chi connectivity index (χ4v) is 1.29. The minimum atomic E-state index is 0.329. The van der Waals surface area contributed by atoms with Crippen LogP contribution in [0.5, 0.6) is 5.75 Å². The summed E-state index contributed by atoms with van der Waals surface area (Å²) in [5.41, 5.74) is 1.26. The third kappa shape index (κ3) is 2.57. The molecule has 0 saturated carbocycles. The second-order valence-corrected chi connectivity index (χ2v) is 3.44. The summed E-state index contributed by atoms with van der Waals surface area (Å²) in [6, 6.07) is 8.95. The minimum Gasteiger partial charge on any atom is -0.491 e. The Bertz CT molecular complexity index is 267. The first kappa shape index (κ1) is 8.78. The number of rotatable bonds is 4. The van der Waals surface area contributed by atoms with E-state index in [1.807, 2.05) is 12.1 Å². The summed E-state index contributed by atoms with van der Waals surface area (Å²) in [7, 11) is 3.44. The first-order valence-electron chi connectivity index (χ1n) is 4.36. The average molecular weight is 191 g/mol. The van der Waals surface area contributed by atoms with E-state index in [0.29, 0.717) is 12.7 Å². The van der Waals surface area contributed by atoms with E-state index in [9.17, 15) is 0 Å². The molecule has 1 fully saturated rings. The molecule has 0 spiro atoms. The van der Waals surface area contributed by atoms with Gasteiger partial charge in [-0.1, -0.05) is 17.7 Å². The zero-order chi connectivity index (χ0) is 9.10. The van der Waals surface area contributed by atoms with Gasteiger partial charge in [0.05, 0.1) is 6.61 Å². The lowest BCUT2D eigenvalue weighted by molar-refractivity contribution is 0.263. The van der Waals surface area contributed by atoms with Gasteiger partial charge < -0.3 is 9.47 Å². The van der Waals surface area contributed by atoms with Gasteiger partial charge in [0.1, 0.15) is 18.5 Å². The van der Waals surface area contributed by atoms with Crippen molar-refractivity contribution in [2.75, 3.05) is 13.2 Å². The molecule has 1 atom stereocenters. The van der Waals surface area contributed by atoms with E-state index in [0.717, 1.165) is 18.4 Å². The summed E-state index contributed by atoms with van der Waals surface area (Å²) in [4.78, 5) is 0. The lowest BCUT2D eigenvalue weighted by atomic mass is 10.2. The van der Waals surface area contributed by atoms with Gasteiger partial charge in [0.15, 0.2) is 0 Å². The summed E-state index contributed by atoms with van der Waals surface area (Å²) in [5, 5.41) is 0. The highest BCUT2D eigenvalue weighted by Gasteiger charge is 2.22. The van der Waals surface area contributed by atoms with Crippen LogP contribution in [0.1, 0.15) is 5.56 Å². The second-order valence-electron chi connectivity index (χ2n) is 3.09. The molecule has 1 aliphatic heterocycles. The van der Waals surface area contributed by atoms with Gasteiger partial charge in [-0.3, -0.25) is 0 Å². The molecular formula is C10H11O2Si. The molecule has 1 aromatic rings. The number of ether oxygens (including phenoxy) is 2. The summed E-state index contributed by atoms with van der Waals surface area (Å²) in [6.45, 7) is 1.52. The Hall–Kier alpha value is -0.803. The van der Waals surface area contributed by atoms with Crippen LogP contribution >= 0.6 is 0 Å². The van der Waals surface area contributed by atoms with E-state index in [1.54, 1.807) is 0 Å².